The molecule has 33 N–H and O–H groups in total. The fourth-order valence-corrected chi connectivity index (χ4v) is 14.5. The fourth-order valence-electron chi connectivity index (χ4n) is 14.5. The van der Waals surface area contributed by atoms with Gasteiger partial charge in [-0.25, -0.2) is 4.39 Å². The maximum Gasteiger partial charge on any atom is 0.217 e. The van der Waals surface area contributed by atoms with E-state index in [1.807, 2.05) is 125 Å². The molecule has 43 atom stereocenters. The number of nitrogens with one attached hydrogen (secondary N) is 2. The molecular weight excluding hydrogens is 1890 g/mol. The molecule has 9 rings (SSSR count). The molecule has 0 spiro atoms. The van der Waals surface area contributed by atoms with Crippen molar-refractivity contribution >= 4 is 5.91 Å². The molecule has 49 nitrogen and oxygen atoms in total. The Morgan fingerprint density at radius 2 is 0.518 bits per heavy atom. The first-order valence-corrected chi connectivity index (χ1v) is 47.1. The van der Waals surface area contributed by atoms with E-state index in [-0.39, 0.29) is 61.2 Å². The number of carbonyl (C=O) groups excluding carboxylic acids is 1. The van der Waals surface area contributed by atoms with E-state index in [0.717, 1.165) is 0 Å². The smallest absolute Gasteiger partial charge is 0.217 e. The molecule has 0 aliphatic carbocycles. The van der Waals surface area contributed by atoms with E-state index < -0.39 is 318 Å². The van der Waals surface area contributed by atoms with Crippen molar-refractivity contribution in [1.29, 1.82) is 0 Å². The Morgan fingerprint density at radius 3 is 0.830 bits per heavy atom. The van der Waals surface area contributed by atoms with Crippen LogP contribution in [0, 0.1) is 16.7 Å². The highest BCUT2D eigenvalue weighted by Gasteiger charge is 2.54. The second kappa shape index (κ2) is 58.4. The van der Waals surface area contributed by atoms with E-state index in [1.165, 1.54) is 6.92 Å². The summed E-state index contributed by atoms with van der Waals surface area (Å²) < 4.78 is 93.2. The highest BCUT2D eigenvalue weighted by atomic mass is 19.1. The van der Waals surface area contributed by atoms with Gasteiger partial charge >= 0.3 is 0 Å². The van der Waals surface area contributed by atoms with Gasteiger partial charge in [-0.05, 0) is 156 Å². The molecule has 0 aromatic rings. The van der Waals surface area contributed by atoms with Crippen molar-refractivity contribution in [2.45, 2.75) is 498 Å². The zero-order valence-corrected chi connectivity index (χ0v) is 87.0. The van der Waals surface area contributed by atoms with Crippen molar-refractivity contribution in [3.05, 3.63) is 0 Å². The van der Waals surface area contributed by atoms with E-state index in [0.29, 0.717) is 0 Å². The van der Waals surface area contributed by atoms with Crippen LogP contribution in [0.15, 0.2) is 0 Å². The van der Waals surface area contributed by atoms with Crippen molar-refractivity contribution in [2.24, 2.45) is 16.7 Å². The van der Waals surface area contributed by atoms with Gasteiger partial charge in [-0.2, -0.15) is 0 Å². The van der Waals surface area contributed by atoms with E-state index >= 15 is 0 Å². The third kappa shape index (κ3) is 45.1. The minimum atomic E-state index is -1.84. The Morgan fingerprint density at radius 1 is 0.277 bits per heavy atom. The molecule has 9 fully saturated rings. The molecule has 9 aliphatic heterocycles. The first-order valence-electron chi connectivity index (χ1n) is 47.1. The quantitative estimate of drug-likeness (QED) is 0.0724. The molecule has 0 saturated carbocycles. The predicted molar refractivity (Wildman–Crippen MR) is 492 cm³/mol. The summed E-state index contributed by atoms with van der Waals surface area (Å²) in [7, 11) is 0. The number of alkyl halides is 1. The molecule has 0 aromatic carbocycles. The molecule has 0 aromatic heterocycles. The molecule has 0 radical (unpaired) electrons. The van der Waals surface area contributed by atoms with Crippen LogP contribution in [0.5, 0.6) is 0 Å². The van der Waals surface area contributed by atoms with Gasteiger partial charge in [0.05, 0.1) is 117 Å². The summed E-state index contributed by atoms with van der Waals surface area (Å²) in [5.74, 6) is -0.707. The molecule has 0 bridgehead atoms. The third-order valence-electron chi connectivity index (χ3n) is 21.8. The largest absolute Gasteiger partial charge is 0.394 e. The van der Waals surface area contributed by atoms with Crippen LogP contribution in [0.3, 0.4) is 0 Å². The van der Waals surface area contributed by atoms with Crippen LogP contribution < -0.4 is 10.6 Å². The number of hydrogen-bond acceptors (Lipinski definition) is 48. The molecular formula is C91H181FN2O47. The van der Waals surface area contributed by atoms with E-state index in [9.17, 15) is 132 Å². The first kappa shape index (κ1) is 137. The maximum atomic E-state index is 13.6. The lowest BCUT2D eigenvalue weighted by Gasteiger charge is -2.45. The van der Waals surface area contributed by atoms with Gasteiger partial charge in [0, 0.05) is 18.4 Å². The summed E-state index contributed by atoms with van der Waals surface area (Å²) in [5, 5.41) is 298. The third-order valence-corrected chi connectivity index (χ3v) is 21.8. The normalized spacial score (nSPS) is 40.6. The number of carbonyl (C=O) groups is 1. The monoisotopic (exact) mass is 2070 g/mol. The van der Waals surface area contributed by atoms with Crippen LogP contribution in [0.2, 0.25) is 0 Å². The van der Waals surface area contributed by atoms with Crippen LogP contribution in [0.25, 0.3) is 0 Å². The van der Waals surface area contributed by atoms with Crippen molar-refractivity contribution < 1.29 is 239 Å². The number of rotatable bonds is 15. The molecule has 18 unspecified atom stereocenters. The van der Waals surface area contributed by atoms with Gasteiger partial charge in [-0.3, -0.25) is 4.79 Å². The molecule has 50 heteroatoms. The number of amides is 1. The lowest BCUT2D eigenvalue weighted by molar-refractivity contribution is -0.320. The minimum Gasteiger partial charge on any atom is -0.394 e. The second-order valence-electron chi connectivity index (χ2n) is 45.1. The van der Waals surface area contributed by atoms with Gasteiger partial charge in [-0.15, -0.1) is 0 Å². The van der Waals surface area contributed by atoms with Gasteiger partial charge in [0.1, 0.15) is 183 Å². The van der Waals surface area contributed by atoms with Crippen LogP contribution in [-0.4, -0.2) is 520 Å². The average Bonchev–Trinajstić information content (AvgIpc) is 0.789. The van der Waals surface area contributed by atoms with Crippen LogP contribution in [-0.2, 0) is 75.8 Å². The topological polar surface area (TPSA) is 807 Å². The predicted octanol–water partition coefficient (Wildman–Crippen LogP) is -8.79. The van der Waals surface area contributed by atoms with Crippen molar-refractivity contribution in [2.75, 3.05) is 59.5 Å². The van der Waals surface area contributed by atoms with Gasteiger partial charge in [0.2, 0.25) is 5.91 Å². The van der Waals surface area contributed by atoms with Gasteiger partial charge in [0.25, 0.3) is 0 Å². The standard InChI is InChI=1S/C12H23NO6.C11H22O5.C10H19FO5.C10H21NO5.C10H20O6.2C10H20O5.2C9H18O5/c1-6(15)13-8-10(17)9(16)7(5-14)18-11(8)19-12(2,3)4;1-6-8(13)9(14)7(5-12)15-10(6)16-11(2,3)4;1-10(2,3)16-9-6(11)8(14)7(13)5(4-12)15-9;1-10(2,3)11-6-8(14)7(13)5(4-12)16-9(6)15;1-10(2,3)16-9-8(14)7(13)6(12)5(4-11)15-9;2*1-10(2,3)9-8(14)7(13)6(12)5(4-11)15-9;2*1-9(2,3)14-8-7(12)6(11)5(10)4-13-8/h7-11,14,16-17H,5H2,1-4H3,(H,13,15);6-10,12-14H,5H2,1-4H3;5-9,12-14H,4H2,1-3H3;5-9,11-15H,4H2,1-3H3;5-9,11-14H,4H2,1-3H3;2*5-9,11-14H,4H2,1-3H3;2*5-8,10-12H,4H2,1-3H3/t7?,8?,9-,10-,11+;6?,7?,8-,9-,10-;5?,6?,7-,8-,9+;5?,6?,7-,8-,9-;2*5?,6-,7+,8?,9+;5?,6-,7+,8?,9-;2*5-,6+,7?,8?/m111111111/s1. The van der Waals surface area contributed by atoms with Crippen molar-refractivity contribution in [3.63, 3.8) is 0 Å². The summed E-state index contributed by atoms with van der Waals surface area (Å²) in [4.78, 5) is 11.2. The first-order chi connectivity index (χ1) is 63.9. The number of aliphatic hydroxyl groups is 31. The number of hydrogen-bond donors (Lipinski definition) is 33. The Bertz CT molecular complexity index is 3180. The molecule has 9 heterocycles. The van der Waals surface area contributed by atoms with Gasteiger partial charge in [-0.1, -0.05) is 48.5 Å². The van der Waals surface area contributed by atoms with Gasteiger partial charge < -0.3 is 240 Å². The Kier molecular flexibility index (Phi) is 56.5. The lowest BCUT2D eigenvalue weighted by Crippen LogP contribution is -2.65. The molecule has 141 heavy (non-hydrogen) atoms. The lowest BCUT2D eigenvalue weighted by atomic mass is 9.80. The second-order valence-corrected chi connectivity index (χ2v) is 45.1. The Hall–Kier alpha value is -2.48. The number of halogens is 1. The summed E-state index contributed by atoms with van der Waals surface area (Å²) in [6.07, 6.45) is -44.7. The summed E-state index contributed by atoms with van der Waals surface area (Å²) in [6.45, 7) is 49.3. The van der Waals surface area contributed by atoms with E-state index in [4.69, 9.17) is 107 Å². The van der Waals surface area contributed by atoms with Crippen LogP contribution >= 0.6 is 0 Å². The SMILES string of the molecule is CC(=O)NC1[C@H](OC(C)(C)C)OC(CO)[C@@H](O)[C@@H]1O.CC(C)(C)NC1[C@H](O)OC(CO)[C@@H](O)[C@@H]1O.CC(C)(C)OC1OC[C@@H](O)[C@H](O)C1O.CC(C)(C)OC1OC[C@@H](O)[C@H](O)C1O.CC(C)(C)O[C@@H]1OC(CO)[C@@H](O)[C@H](O)C1F.CC(C)(C)O[C@@H]1OC(CO)[C@@H](O)[C@H](O)C1O.CC(C)(C)[C@@H]1OC(CO)[C@@H](O)[C@H](O)C1O.CC(C)(C)[C@H]1OC(CO)[C@@H](O)[C@H](O)C1O.CC1[C@@H](OC(C)(C)C)OC(CO)[C@@H](O)[C@@H]1O. The number of ether oxygens (including phenoxy) is 15. The Labute approximate surface area is 825 Å². The highest BCUT2D eigenvalue weighted by Crippen LogP contribution is 2.38. The fraction of sp³-hybridized carbons (Fsp3) is 0.989. The minimum absolute atomic E-state index is 0.0288. The molecule has 9 saturated heterocycles. The summed E-state index contributed by atoms with van der Waals surface area (Å²) in [6, 6.07) is -1.67. The van der Waals surface area contributed by atoms with Crippen LogP contribution in [0.4, 0.5) is 4.39 Å². The molecule has 9 aliphatic rings. The zero-order valence-electron chi connectivity index (χ0n) is 87.0. The maximum absolute atomic E-state index is 13.6. The number of aliphatic hydroxyl groups excluding tert-OH is 31. The highest BCUT2D eigenvalue weighted by molar-refractivity contribution is 5.73. The van der Waals surface area contributed by atoms with Gasteiger partial charge in [0.15, 0.2) is 50.2 Å². The summed E-state index contributed by atoms with van der Waals surface area (Å²) in [5.41, 5.74) is -4.17. The van der Waals surface area contributed by atoms with E-state index in [1.54, 1.807) is 69.2 Å². The van der Waals surface area contributed by atoms with Crippen LogP contribution in [0.1, 0.15) is 201 Å². The summed E-state index contributed by atoms with van der Waals surface area (Å²) >= 11 is 0. The van der Waals surface area contributed by atoms with Crippen molar-refractivity contribution in [3.8, 4) is 0 Å². The molecule has 844 valence electrons. The molecule has 1 amide bonds. The zero-order chi connectivity index (χ0) is 110. The van der Waals surface area contributed by atoms with E-state index in [2.05, 4.69) is 10.6 Å². The Balaban J connectivity index is 0.000000794. The average molecular weight is 2070 g/mol. The van der Waals surface area contributed by atoms with Crippen molar-refractivity contribution in [1.82, 2.24) is 10.6 Å².